The van der Waals surface area contributed by atoms with Gasteiger partial charge in [-0.2, -0.15) is 0 Å². The molecule has 106 valence electrons. The van der Waals surface area contributed by atoms with Gasteiger partial charge in [-0.1, -0.05) is 38.0 Å². The Bertz CT molecular complexity index is 222. The van der Waals surface area contributed by atoms with E-state index in [-0.39, 0.29) is 0 Å². The van der Waals surface area contributed by atoms with E-state index in [4.69, 9.17) is 13.3 Å². The van der Waals surface area contributed by atoms with E-state index >= 15 is 0 Å². The maximum atomic E-state index is 5.71. The molecule has 0 aromatic heterocycles. The Balaban J connectivity index is 4.44. The summed E-state index contributed by atoms with van der Waals surface area (Å²) in [5.74, 6) is 0. The second-order valence-electron chi connectivity index (χ2n) is 3.83. The van der Waals surface area contributed by atoms with Crippen LogP contribution in [0.5, 0.6) is 0 Å². The summed E-state index contributed by atoms with van der Waals surface area (Å²) in [4.78, 5) is 0. The van der Waals surface area contributed by atoms with E-state index in [2.05, 4.69) is 19.1 Å². The van der Waals surface area contributed by atoms with Gasteiger partial charge >= 0.3 is 8.80 Å². The smallest absolute Gasteiger partial charge is 0.371 e. The first kappa shape index (κ1) is 17.6. The van der Waals surface area contributed by atoms with Gasteiger partial charge in [0.1, 0.15) is 0 Å². The molecule has 0 saturated carbocycles. The molecule has 0 atom stereocenters. The first-order valence-corrected chi connectivity index (χ1v) is 8.81. The van der Waals surface area contributed by atoms with Gasteiger partial charge in [0.2, 0.25) is 0 Å². The molecule has 0 aromatic rings. The molecule has 3 nitrogen and oxygen atoms in total. The van der Waals surface area contributed by atoms with Crippen LogP contribution < -0.4 is 0 Å². The van der Waals surface area contributed by atoms with Gasteiger partial charge in [0.25, 0.3) is 0 Å². The highest BCUT2D eigenvalue weighted by atomic mass is 28.4. The summed E-state index contributed by atoms with van der Waals surface area (Å²) in [6.07, 6.45) is 9.78. The summed E-state index contributed by atoms with van der Waals surface area (Å²) in [6, 6.07) is 0. The zero-order valence-electron chi connectivity index (χ0n) is 12.3. The summed E-state index contributed by atoms with van der Waals surface area (Å²) < 4.78 is 17.1. The van der Waals surface area contributed by atoms with Crippen molar-refractivity contribution < 1.29 is 13.3 Å². The maximum Gasteiger partial charge on any atom is 0.529 e. The molecule has 0 bridgehead atoms. The number of hydrogen-bond donors (Lipinski definition) is 0. The molecule has 0 spiro atoms. The fourth-order valence-electron chi connectivity index (χ4n) is 1.54. The molecule has 0 saturated heterocycles. The molecule has 0 amide bonds. The van der Waals surface area contributed by atoms with E-state index in [1.165, 1.54) is 12.8 Å². The lowest BCUT2D eigenvalue weighted by molar-refractivity contribution is 0.0843. The second kappa shape index (κ2) is 11.7. The van der Waals surface area contributed by atoms with Crippen LogP contribution in [0.25, 0.3) is 0 Å². The van der Waals surface area contributed by atoms with Crippen LogP contribution in [-0.2, 0) is 13.3 Å². The largest absolute Gasteiger partial charge is 0.529 e. The van der Waals surface area contributed by atoms with Crippen molar-refractivity contribution in [2.24, 2.45) is 0 Å². The lowest BCUT2D eigenvalue weighted by Gasteiger charge is -2.25. The van der Waals surface area contributed by atoms with E-state index in [1.54, 1.807) is 0 Å². The fourth-order valence-corrected chi connectivity index (χ4v) is 3.64. The molecule has 0 aromatic carbocycles. The average molecular weight is 272 g/mol. The van der Waals surface area contributed by atoms with Crippen LogP contribution in [0.2, 0.25) is 0 Å². The normalized spacial score (nSPS) is 12.9. The third-order valence-electron chi connectivity index (χ3n) is 2.31. The third kappa shape index (κ3) is 7.82. The number of rotatable bonds is 11. The Kier molecular flexibility index (Phi) is 11.4. The number of hydrogen-bond acceptors (Lipinski definition) is 3. The van der Waals surface area contributed by atoms with E-state index in [1.807, 2.05) is 32.5 Å². The summed E-state index contributed by atoms with van der Waals surface area (Å²) in [7, 11) is -2.60. The van der Waals surface area contributed by atoms with Crippen LogP contribution in [0.1, 0.15) is 47.0 Å². The van der Waals surface area contributed by atoms with Crippen molar-refractivity contribution in [3.63, 3.8) is 0 Å². The number of allylic oxidation sites excluding steroid dienone is 3. The van der Waals surface area contributed by atoms with Crippen molar-refractivity contribution in [3.05, 3.63) is 23.9 Å². The Morgan fingerprint density at radius 3 is 1.83 bits per heavy atom. The summed E-state index contributed by atoms with van der Waals surface area (Å²) in [5.41, 5.74) is 1.96. The zero-order chi connectivity index (χ0) is 13.7. The molecule has 0 heterocycles. The minimum atomic E-state index is -2.60. The SMILES string of the molecule is CCCCC=CC=C[Si](OCC)(OCC)OCC. The molecule has 18 heavy (non-hydrogen) atoms. The molecule has 0 rings (SSSR count). The average Bonchev–Trinajstić information content (AvgIpc) is 2.35. The standard InChI is InChI=1S/C14H28O3Si/c1-5-9-10-11-12-13-14-18(15-6-2,16-7-3)17-8-4/h11-14H,5-10H2,1-4H3. The minimum absolute atomic E-state index is 0.607. The van der Waals surface area contributed by atoms with Crippen LogP contribution in [0.4, 0.5) is 0 Å². The van der Waals surface area contributed by atoms with Gasteiger partial charge in [0, 0.05) is 19.8 Å². The lowest BCUT2D eigenvalue weighted by atomic mass is 10.2. The predicted octanol–water partition coefficient (Wildman–Crippen LogP) is 3.88. The topological polar surface area (TPSA) is 27.7 Å². The summed E-state index contributed by atoms with van der Waals surface area (Å²) in [5, 5.41) is 0. The van der Waals surface area contributed by atoms with Crippen molar-refractivity contribution in [1.82, 2.24) is 0 Å². The van der Waals surface area contributed by atoms with Crippen LogP contribution >= 0.6 is 0 Å². The molecule has 0 radical (unpaired) electrons. The molecule has 0 unspecified atom stereocenters. The first-order chi connectivity index (χ1) is 8.74. The monoisotopic (exact) mass is 272 g/mol. The molecule has 4 heteroatoms. The Morgan fingerprint density at radius 1 is 0.833 bits per heavy atom. The highest BCUT2D eigenvalue weighted by molar-refractivity contribution is 6.66. The van der Waals surface area contributed by atoms with Crippen molar-refractivity contribution in [2.45, 2.75) is 47.0 Å². The Hall–Kier alpha value is -0.423. The van der Waals surface area contributed by atoms with Gasteiger partial charge in [-0.25, -0.2) is 0 Å². The molecule has 0 aliphatic heterocycles. The zero-order valence-corrected chi connectivity index (χ0v) is 13.3. The highest BCUT2D eigenvalue weighted by Crippen LogP contribution is 2.12. The maximum absolute atomic E-state index is 5.71. The van der Waals surface area contributed by atoms with E-state index in [0.29, 0.717) is 19.8 Å². The van der Waals surface area contributed by atoms with Gasteiger partial charge in [-0.05, 0) is 32.9 Å². The van der Waals surface area contributed by atoms with E-state index < -0.39 is 8.80 Å². The Morgan fingerprint density at radius 2 is 1.39 bits per heavy atom. The molecule has 0 N–H and O–H groups in total. The van der Waals surface area contributed by atoms with Gasteiger partial charge in [0.05, 0.1) is 0 Å². The first-order valence-electron chi connectivity index (χ1n) is 7.00. The molecular weight excluding hydrogens is 244 g/mol. The van der Waals surface area contributed by atoms with E-state index in [0.717, 1.165) is 6.42 Å². The molecule has 0 fully saturated rings. The third-order valence-corrected chi connectivity index (χ3v) is 4.98. The lowest BCUT2D eigenvalue weighted by Crippen LogP contribution is -2.44. The van der Waals surface area contributed by atoms with Crippen LogP contribution in [0.15, 0.2) is 23.9 Å². The van der Waals surface area contributed by atoms with Gasteiger partial charge in [0.15, 0.2) is 0 Å². The van der Waals surface area contributed by atoms with Gasteiger partial charge in [-0.3, -0.25) is 0 Å². The fraction of sp³-hybridized carbons (Fsp3) is 0.714. The van der Waals surface area contributed by atoms with Crippen LogP contribution in [0.3, 0.4) is 0 Å². The highest BCUT2D eigenvalue weighted by Gasteiger charge is 2.37. The predicted molar refractivity (Wildman–Crippen MR) is 78.4 cm³/mol. The molecule has 0 aliphatic rings. The molecule has 0 aliphatic carbocycles. The van der Waals surface area contributed by atoms with Crippen molar-refractivity contribution >= 4 is 8.80 Å². The van der Waals surface area contributed by atoms with Crippen LogP contribution in [-0.4, -0.2) is 28.6 Å². The minimum Gasteiger partial charge on any atom is -0.371 e. The van der Waals surface area contributed by atoms with Gasteiger partial charge < -0.3 is 13.3 Å². The summed E-state index contributed by atoms with van der Waals surface area (Å²) >= 11 is 0. The molecular formula is C14H28O3Si. The second-order valence-corrected chi connectivity index (χ2v) is 6.24. The van der Waals surface area contributed by atoms with E-state index in [9.17, 15) is 0 Å². The van der Waals surface area contributed by atoms with Crippen molar-refractivity contribution in [3.8, 4) is 0 Å². The number of unbranched alkanes of at least 4 members (excludes halogenated alkanes) is 2. The quantitative estimate of drug-likeness (QED) is 0.324. The van der Waals surface area contributed by atoms with Crippen LogP contribution in [0, 0.1) is 0 Å². The van der Waals surface area contributed by atoms with Crippen molar-refractivity contribution in [1.29, 1.82) is 0 Å². The Labute approximate surface area is 113 Å². The van der Waals surface area contributed by atoms with Gasteiger partial charge in [-0.15, -0.1) is 0 Å². The van der Waals surface area contributed by atoms with Crippen molar-refractivity contribution in [2.75, 3.05) is 19.8 Å². The summed E-state index contributed by atoms with van der Waals surface area (Å²) in [6.45, 7) is 9.91.